The molecule has 0 aromatic heterocycles. The number of halogens is 3. The zero-order chi connectivity index (χ0) is 13.6. The van der Waals surface area contributed by atoms with Gasteiger partial charge in [0.15, 0.2) is 0 Å². The van der Waals surface area contributed by atoms with E-state index >= 15 is 0 Å². The molecule has 0 aromatic carbocycles. The number of aliphatic hydroxyl groups excluding tert-OH is 1. The number of piperidine rings is 2. The normalized spacial score (nSPS) is 21.4. The van der Waals surface area contributed by atoms with Crippen molar-refractivity contribution in [2.24, 2.45) is 5.41 Å². The molecule has 2 aliphatic heterocycles. The van der Waals surface area contributed by atoms with E-state index in [1.165, 1.54) is 64.7 Å². The molecule has 21 heavy (non-hydrogen) atoms. The molecular weight excluding hydrogens is 464 g/mol. The van der Waals surface area contributed by atoms with E-state index in [2.05, 4.69) is 15.9 Å². The number of hydrogen-bond donors (Lipinski definition) is 3. The van der Waals surface area contributed by atoms with Crippen molar-refractivity contribution in [1.82, 2.24) is 0 Å². The second kappa shape index (κ2) is 11.8. The minimum Gasteiger partial charge on any atom is -1.00 e. The van der Waals surface area contributed by atoms with Gasteiger partial charge >= 0.3 is 0 Å². The van der Waals surface area contributed by atoms with Gasteiger partial charge in [0.25, 0.3) is 0 Å². The summed E-state index contributed by atoms with van der Waals surface area (Å²) >= 11 is 3.70. The van der Waals surface area contributed by atoms with Crippen molar-refractivity contribution < 1.29 is 48.9 Å². The number of nitrogens with one attached hydrogen (secondary N) is 2. The van der Waals surface area contributed by atoms with E-state index in [-0.39, 0.29) is 39.4 Å². The molecule has 0 amide bonds. The van der Waals surface area contributed by atoms with E-state index in [1.807, 2.05) is 0 Å². The van der Waals surface area contributed by atoms with Gasteiger partial charge in [0, 0.05) is 5.33 Å². The number of hydrogen-bond acceptors (Lipinski definition) is 1. The Balaban J connectivity index is 0.00000200. The summed E-state index contributed by atoms with van der Waals surface area (Å²) in [6, 6.07) is 0. The predicted molar refractivity (Wildman–Crippen MR) is 82.1 cm³/mol. The summed E-state index contributed by atoms with van der Waals surface area (Å²) in [5.74, 6) is 0. The molecule has 2 saturated heterocycles. The molecule has 3 N–H and O–H groups in total. The molecule has 2 fully saturated rings. The quantitative estimate of drug-likeness (QED) is 0.315. The summed E-state index contributed by atoms with van der Waals surface area (Å²) in [6.45, 7) is 7.88. The molecule has 0 bridgehead atoms. The molecule has 2 aliphatic rings. The van der Waals surface area contributed by atoms with Gasteiger partial charge in [-0.15, -0.1) is 0 Å². The van der Waals surface area contributed by atoms with Gasteiger partial charge in [-0.2, -0.15) is 0 Å². The van der Waals surface area contributed by atoms with Crippen LogP contribution in [-0.4, -0.2) is 56.3 Å². The minimum atomic E-state index is 0. The lowest BCUT2D eigenvalue weighted by atomic mass is 9.88. The Kier molecular flexibility index (Phi) is 12.5. The average molecular weight is 495 g/mol. The smallest absolute Gasteiger partial charge is 0.101 e. The fraction of sp³-hybridized carbons (Fsp3) is 1.00. The van der Waals surface area contributed by atoms with Crippen LogP contribution < -0.4 is 43.8 Å². The van der Waals surface area contributed by atoms with Crippen molar-refractivity contribution in [1.29, 1.82) is 0 Å². The molecule has 0 atom stereocenters. The first-order valence-corrected chi connectivity index (χ1v) is 9.24. The van der Waals surface area contributed by atoms with Crippen LogP contribution in [0.4, 0.5) is 0 Å². The zero-order valence-corrected chi connectivity index (χ0v) is 17.7. The van der Waals surface area contributed by atoms with Crippen molar-refractivity contribution in [3.05, 3.63) is 0 Å². The summed E-state index contributed by atoms with van der Waals surface area (Å²) in [6.07, 6.45) is 8.29. The number of alkyl halides is 1. The molecule has 0 spiro atoms. The SMILES string of the molecule is OCC(CBr)(C[NH+]1CCCCC1)C[NH+]1CCCCC1.[Br-].[Br-]. The van der Waals surface area contributed by atoms with Crippen molar-refractivity contribution in [3.8, 4) is 0 Å². The number of rotatable bonds is 6. The van der Waals surface area contributed by atoms with Crippen molar-refractivity contribution in [2.75, 3.05) is 51.2 Å². The van der Waals surface area contributed by atoms with Crippen LogP contribution in [0.25, 0.3) is 0 Å². The first-order chi connectivity index (χ1) is 9.28. The molecule has 0 radical (unpaired) electrons. The minimum absolute atomic E-state index is 0. The van der Waals surface area contributed by atoms with Gasteiger partial charge in [-0.25, -0.2) is 0 Å². The van der Waals surface area contributed by atoms with Gasteiger partial charge in [0.2, 0.25) is 0 Å². The van der Waals surface area contributed by atoms with Crippen molar-refractivity contribution in [2.45, 2.75) is 38.5 Å². The summed E-state index contributed by atoms with van der Waals surface area (Å²) in [4.78, 5) is 3.44. The van der Waals surface area contributed by atoms with Crippen LogP contribution >= 0.6 is 15.9 Å². The lowest BCUT2D eigenvalue weighted by molar-refractivity contribution is -0.935. The monoisotopic (exact) mass is 492 g/mol. The molecule has 0 unspecified atom stereocenters. The van der Waals surface area contributed by atoms with Crippen LogP contribution in [0.15, 0.2) is 0 Å². The molecular formula is C15H31Br3N2O. The fourth-order valence-corrected chi connectivity index (χ4v) is 4.40. The second-order valence-corrected chi connectivity index (χ2v) is 7.33. The Morgan fingerprint density at radius 3 is 1.43 bits per heavy atom. The Morgan fingerprint density at radius 1 is 0.762 bits per heavy atom. The van der Waals surface area contributed by atoms with Crippen LogP contribution in [0.1, 0.15) is 38.5 Å². The maximum atomic E-state index is 9.98. The summed E-state index contributed by atoms with van der Waals surface area (Å²) in [5, 5.41) is 10.9. The lowest BCUT2D eigenvalue weighted by Gasteiger charge is -2.37. The summed E-state index contributed by atoms with van der Waals surface area (Å²) < 4.78 is 0. The molecule has 0 aliphatic carbocycles. The third-order valence-electron chi connectivity index (χ3n) is 4.99. The van der Waals surface area contributed by atoms with Crippen LogP contribution in [-0.2, 0) is 0 Å². The van der Waals surface area contributed by atoms with E-state index in [4.69, 9.17) is 0 Å². The molecule has 3 nitrogen and oxygen atoms in total. The van der Waals surface area contributed by atoms with E-state index in [0.717, 1.165) is 18.4 Å². The van der Waals surface area contributed by atoms with Gasteiger partial charge < -0.3 is 48.9 Å². The number of likely N-dealkylation sites (tertiary alicyclic amines) is 2. The molecule has 0 saturated carbocycles. The van der Waals surface area contributed by atoms with E-state index in [1.54, 1.807) is 9.80 Å². The Hall–Kier alpha value is 1.32. The van der Waals surface area contributed by atoms with Crippen molar-refractivity contribution in [3.63, 3.8) is 0 Å². The highest BCUT2D eigenvalue weighted by Gasteiger charge is 2.38. The molecule has 6 heteroatoms. The molecule has 128 valence electrons. The van der Waals surface area contributed by atoms with Gasteiger partial charge in [-0.1, -0.05) is 15.9 Å². The summed E-state index contributed by atoms with van der Waals surface area (Å²) in [7, 11) is 0. The zero-order valence-electron chi connectivity index (χ0n) is 13.0. The topological polar surface area (TPSA) is 29.1 Å². The molecule has 2 rings (SSSR count). The predicted octanol–water partition coefficient (Wildman–Crippen LogP) is -6.49. The maximum Gasteiger partial charge on any atom is 0.101 e. The second-order valence-electron chi connectivity index (χ2n) is 6.77. The van der Waals surface area contributed by atoms with Crippen LogP contribution in [0, 0.1) is 5.41 Å². The van der Waals surface area contributed by atoms with Crippen LogP contribution in [0.5, 0.6) is 0 Å². The maximum absolute atomic E-state index is 9.98. The van der Waals surface area contributed by atoms with Gasteiger partial charge in [0.1, 0.15) is 5.41 Å². The Morgan fingerprint density at radius 2 is 1.14 bits per heavy atom. The summed E-state index contributed by atoms with van der Waals surface area (Å²) in [5.41, 5.74) is 0.0966. The van der Waals surface area contributed by atoms with E-state index in [0.29, 0.717) is 6.61 Å². The largest absolute Gasteiger partial charge is 1.00 e. The van der Waals surface area contributed by atoms with Crippen LogP contribution in [0.2, 0.25) is 0 Å². The standard InChI is InChI=1S/C15H29BrN2O.2BrH/c16-11-15(14-19,12-17-7-3-1-4-8-17)13-18-9-5-2-6-10-18;;/h19H,1-14H2;2*1H. The van der Waals surface area contributed by atoms with E-state index in [9.17, 15) is 5.11 Å². The highest BCUT2D eigenvalue weighted by atomic mass is 79.9. The first-order valence-electron chi connectivity index (χ1n) is 8.12. The van der Waals surface area contributed by atoms with Crippen LogP contribution in [0.3, 0.4) is 0 Å². The number of quaternary nitrogens is 2. The molecule has 0 aromatic rings. The number of aliphatic hydroxyl groups is 1. The third-order valence-corrected chi connectivity index (χ3v) is 6.18. The first kappa shape index (κ1) is 22.3. The van der Waals surface area contributed by atoms with Gasteiger partial charge in [-0.05, 0) is 38.5 Å². The lowest BCUT2D eigenvalue weighted by Crippen LogP contribution is -3.18. The highest BCUT2D eigenvalue weighted by Crippen LogP contribution is 2.16. The Labute approximate surface area is 159 Å². The fourth-order valence-electron chi connectivity index (χ4n) is 3.83. The van der Waals surface area contributed by atoms with Gasteiger partial charge in [0.05, 0.1) is 45.9 Å². The third kappa shape index (κ3) is 7.17. The van der Waals surface area contributed by atoms with E-state index < -0.39 is 0 Å². The molecule has 2 heterocycles. The Bertz CT molecular complexity index is 231. The van der Waals surface area contributed by atoms with Gasteiger partial charge in [-0.3, -0.25) is 0 Å². The average Bonchev–Trinajstić information content (AvgIpc) is 2.48. The van der Waals surface area contributed by atoms with Crippen molar-refractivity contribution >= 4 is 15.9 Å². The highest BCUT2D eigenvalue weighted by molar-refractivity contribution is 9.09.